The highest BCUT2D eigenvalue weighted by Crippen LogP contribution is 2.31. The van der Waals surface area contributed by atoms with E-state index in [1.807, 2.05) is 0 Å². The second-order valence-corrected chi connectivity index (χ2v) is 9.14. The van der Waals surface area contributed by atoms with E-state index in [4.69, 9.17) is 4.74 Å². The molecule has 2 rings (SSSR count). The van der Waals surface area contributed by atoms with Crippen LogP contribution in [0.5, 0.6) is 0 Å². The van der Waals surface area contributed by atoms with Gasteiger partial charge in [-0.05, 0) is 30.5 Å². The third-order valence-corrected chi connectivity index (χ3v) is 6.67. The molecule has 0 bridgehead atoms. The summed E-state index contributed by atoms with van der Waals surface area (Å²) in [6.45, 7) is 2.69. The van der Waals surface area contributed by atoms with Crippen LogP contribution in [-0.4, -0.2) is 71.3 Å². The SMILES string of the molecule is CN=C(NCc1ccc(S(=O)(=O)N(C)C)cc1)NCC1(CCO)CCOC1.I. The van der Waals surface area contributed by atoms with E-state index in [9.17, 15) is 13.5 Å². The van der Waals surface area contributed by atoms with Crippen molar-refractivity contribution in [1.29, 1.82) is 0 Å². The predicted octanol–water partition coefficient (Wildman–Crippen LogP) is 1.01. The Morgan fingerprint density at radius 3 is 2.46 bits per heavy atom. The van der Waals surface area contributed by atoms with Crippen LogP contribution in [0.2, 0.25) is 0 Å². The van der Waals surface area contributed by atoms with Crippen molar-refractivity contribution in [3.63, 3.8) is 0 Å². The molecule has 28 heavy (non-hydrogen) atoms. The van der Waals surface area contributed by atoms with Crippen LogP contribution in [0.1, 0.15) is 18.4 Å². The number of guanidine groups is 1. The number of nitrogens with one attached hydrogen (secondary N) is 2. The smallest absolute Gasteiger partial charge is 0.242 e. The normalized spacial score (nSPS) is 20.1. The lowest BCUT2D eigenvalue weighted by Crippen LogP contribution is -2.44. The summed E-state index contributed by atoms with van der Waals surface area (Å²) < 4.78 is 30.9. The van der Waals surface area contributed by atoms with E-state index in [1.54, 1.807) is 31.3 Å². The van der Waals surface area contributed by atoms with Crippen LogP contribution in [0.4, 0.5) is 0 Å². The van der Waals surface area contributed by atoms with Crippen molar-refractivity contribution in [2.75, 3.05) is 47.5 Å². The number of aliphatic imine (C=N–C) groups is 1. The van der Waals surface area contributed by atoms with Gasteiger partial charge in [-0.3, -0.25) is 4.99 Å². The van der Waals surface area contributed by atoms with Gasteiger partial charge in [0.2, 0.25) is 10.0 Å². The van der Waals surface area contributed by atoms with Crippen molar-refractivity contribution < 1.29 is 18.3 Å². The van der Waals surface area contributed by atoms with Gasteiger partial charge in [-0.25, -0.2) is 12.7 Å². The minimum atomic E-state index is -3.42. The van der Waals surface area contributed by atoms with E-state index in [2.05, 4.69) is 15.6 Å². The molecular weight excluding hydrogens is 495 g/mol. The fourth-order valence-corrected chi connectivity index (χ4v) is 3.88. The molecule has 1 aromatic carbocycles. The number of hydrogen-bond donors (Lipinski definition) is 3. The van der Waals surface area contributed by atoms with Gasteiger partial charge in [0.05, 0.1) is 11.5 Å². The first-order valence-electron chi connectivity index (χ1n) is 8.98. The molecule has 0 saturated carbocycles. The Balaban J connectivity index is 0.00000392. The maximum Gasteiger partial charge on any atom is 0.242 e. The molecule has 1 heterocycles. The van der Waals surface area contributed by atoms with Crippen LogP contribution in [0.3, 0.4) is 0 Å². The van der Waals surface area contributed by atoms with E-state index in [0.717, 1.165) is 18.6 Å². The minimum Gasteiger partial charge on any atom is -0.396 e. The number of ether oxygens (including phenoxy) is 1. The van der Waals surface area contributed by atoms with E-state index in [-0.39, 0.29) is 40.9 Å². The highest BCUT2D eigenvalue weighted by Gasteiger charge is 2.34. The first kappa shape index (κ1) is 25.1. The fraction of sp³-hybridized carbons (Fsp3) is 0.611. The van der Waals surface area contributed by atoms with Crippen molar-refractivity contribution in [2.24, 2.45) is 10.4 Å². The second-order valence-electron chi connectivity index (χ2n) is 6.99. The van der Waals surface area contributed by atoms with Crippen LogP contribution in [0.15, 0.2) is 34.2 Å². The van der Waals surface area contributed by atoms with Crippen LogP contribution in [0, 0.1) is 5.41 Å². The number of aliphatic hydroxyl groups excluding tert-OH is 1. The second kappa shape index (κ2) is 11.3. The molecule has 1 unspecified atom stereocenters. The molecule has 1 saturated heterocycles. The summed E-state index contributed by atoms with van der Waals surface area (Å²) in [5.41, 5.74) is 0.888. The molecule has 0 spiro atoms. The van der Waals surface area contributed by atoms with Gasteiger partial charge in [-0.15, -0.1) is 24.0 Å². The summed E-state index contributed by atoms with van der Waals surface area (Å²) in [6.07, 6.45) is 1.61. The number of rotatable bonds is 8. The van der Waals surface area contributed by atoms with Crippen LogP contribution >= 0.6 is 24.0 Å². The molecule has 0 radical (unpaired) electrons. The molecule has 10 heteroatoms. The van der Waals surface area contributed by atoms with E-state index in [0.29, 0.717) is 32.1 Å². The Morgan fingerprint density at radius 1 is 1.29 bits per heavy atom. The number of sulfonamides is 1. The average Bonchev–Trinajstić information content (AvgIpc) is 3.11. The zero-order valence-electron chi connectivity index (χ0n) is 16.6. The van der Waals surface area contributed by atoms with Crippen LogP contribution in [0.25, 0.3) is 0 Å². The summed E-state index contributed by atoms with van der Waals surface area (Å²) in [5, 5.41) is 15.8. The fourth-order valence-electron chi connectivity index (χ4n) is 2.98. The van der Waals surface area contributed by atoms with Gasteiger partial charge in [-0.2, -0.15) is 0 Å². The van der Waals surface area contributed by atoms with Gasteiger partial charge in [0.15, 0.2) is 5.96 Å². The summed E-state index contributed by atoms with van der Waals surface area (Å²) in [7, 11) is 1.31. The van der Waals surface area contributed by atoms with E-state index < -0.39 is 10.0 Å². The van der Waals surface area contributed by atoms with Gasteiger partial charge < -0.3 is 20.5 Å². The number of benzene rings is 1. The van der Waals surface area contributed by atoms with Crippen LogP contribution < -0.4 is 10.6 Å². The molecule has 3 N–H and O–H groups in total. The van der Waals surface area contributed by atoms with Crippen molar-refractivity contribution in [1.82, 2.24) is 14.9 Å². The number of hydrogen-bond acceptors (Lipinski definition) is 5. The zero-order chi connectivity index (χ0) is 19.9. The Morgan fingerprint density at radius 2 is 1.96 bits per heavy atom. The summed E-state index contributed by atoms with van der Waals surface area (Å²) in [6, 6.07) is 6.78. The molecule has 0 amide bonds. The number of halogens is 1. The summed E-state index contributed by atoms with van der Waals surface area (Å²) in [4.78, 5) is 4.49. The first-order valence-corrected chi connectivity index (χ1v) is 10.4. The van der Waals surface area contributed by atoms with Gasteiger partial charge >= 0.3 is 0 Å². The van der Waals surface area contributed by atoms with E-state index >= 15 is 0 Å². The number of nitrogens with zero attached hydrogens (tertiary/aromatic N) is 2. The monoisotopic (exact) mass is 526 g/mol. The van der Waals surface area contributed by atoms with Gasteiger partial charge in [0.1, 0.15) is 0 Å². The lowest BCUT2D eigenvalue weighted by molar-refractivity contribution is 0.127. The third kappa shape index (κ3) is 6.55. The maximum absolute atomic E-state index is 12.1. The largest absolute Gasteiger partial charge is 0.396 e. The topological polar surface area (TPSA) is 103 Å². The summed E-state index contributed by atoms with van der Waals surface area (Å²) >= 11 is 0. The predicted molar refractivity (Wildman–Crippen MR) is 121 cm³/mol. The highest BCUT2D eigenvalue weighted by molar-refractivity contribution is 14.0. The average molecular weight is 526 g/mol. The van der Waals surface area contributed by atoms with Gasteiger partial charge in [0.25, 0.3) is 0 Å². The Bertz CT molecular complexity index is 732. The van der Waals surface area contributed by atoms with Crippen molar-refractivity contribution in [3.8, 4) is 0 Å². The lowest BCUT2D eigenvalue weighted by Gasteiger charge is -2.27. The van der Waals surface area contributed by atoms with Crippen LogP contribution in [-0.2, 0) is 21.3 Å². The van der Waals surface area contributed by atoms with Gasteiger partial charge in [0, 0.05) is 52.9 Å². The van der Waals surface area contributed by atoms with Crippen molar-refractivity contribution in [2.45, 2.75) is 24.3 Å². The minimum absolute atomic E-state index is 0. The maximum atomic E-state index is 12.1. The molecule has 8 nitrogen and oxygen atoms in total. The molecule has 1 aliphatic heterocycles. The molecule has 1 aliphatic rings. The van der Waals surface area contributed by atoms with Crippen molar-refractivity contribution >= 4 is 40.0 Å². The molecule has 1 atom stereocenters. The number of aliphatic hydroxyl groups is 1. The Kier molecular flexibility index (Phi) is 10.1. The molecule has 1 fully saturated rings. The third-order valence-electron chi connectivity index (χ3n) is 4.84. The molecule has 1 aromatic rings. The first-order chi connectivity index (χ1) is 12.8. The zero-order valence-corrected chi connectivity index (χ0v) is 19.8. The van der Waals surface area contributed by atoms with E-state index in [1.165, 1.54) is 18.4 Å². The molecule has 0 aliphatic carbocycles. The standard InChI is InChI=1S/C18H30N4O4S.HI/c1-19-17(21-13-18(8-10-23)9-11-26-14-18)20-12-15-4-6-16(7-5-15)27(24,25)22(2)3;/h4-7,23H,8-14H2,1-3H3,(H2,19,20,21);1H. The van der Waals surface area contributed by atoms with Gasteiger partial charge in [-0.1, -0.05) is 12.1 Å². The Hall–Kier alpha value is -0.950. The van der Waals surface area contributed by atoms with Crippen molar-refractivity contribution in [3.05, 3.63) is 29.8 Å². The molecule has 160 valence electrons. The quantitative estimate of drug-likeness (QED) is 0.266. The Labute approximate surface area is 184 Å². The lowest BCUT2D eigenvalue weighted by atomic mass is 9.84. The summed E-state index contributed by atoms with van der Waals surface area (Å²) in [5.74, 6) is 0.657. The highest BCUT2D eigenvalue weighted by atomic mass is 127. The molecular formula is C18H31IN4O4S. The molecule has 0 aromatic heterocycles.